The van der Waals surface area contributed by atoms with E-state index >= 15 is 0 Å². The van der Waals surface area contributed by atoms with Crippen LogP contribution in [0.3, 0.4) is 0 Å². The Morgan fingerprint density at radius 1 is 1.41 bits per heavy atom. The highest BCUT2D eigenvalue weighted by molar-refractivity contribution is 9.09. The predicted octanol–water partition coefficient (Wildman–Crippen LogP) is 1.83. The van der Waals surface area contributed by atoms with Gasteiger partial charge in [-0.3, -0.25) is 9.71 Å². The second kappa shape index (κ2) is 5.41. The number of sulfonamides is 1. The summed E-state index contributed by atoms with van der Waals surface area (Å²) in [5.41, 5.74) is 0. The van der Waals surface area contributed by atoms with E-state index < -0.39 is 10.0 Å². The highest BCUT2D eigenvalue weighted by Gasteiger charge is 2.23. The molecule has 1 aliphatic heterocycles. The van der Waals surface area contributed by atoms with E-state index in [1.165, 1.54) is 11.8 Å². The Labute approximate surface area is 113 Å². The quantitative estimate of drug-likeness (QED) is 0.858. The Morgan fingerprint density at radius 2 is 2.12 bits per heavy atom. The fourth-order valence-electron chi connectivity index (χ4n) is 1.33. The summed E-state index contributed by atoms with van der Waals surface area (Å²) in [6.45, 7) is 0.641. The third-order valence-corrected chi connectivity index (χ3v) is 5.96. The molecule has 0 spiro atoms. The third kappa shape index (κ3) is 3.23. The minimum Gasteiger partial charge on any atom is -0.261 e. The largest absolute Gasteiger partial charge is 0.263 e. The van der Waals surface area contributed by atoms with Gasteiger partial charge in [-0.25, -0.2) is 8.42 Å². The molecule has 0 amide bonds. The van der Waals surface area contributed by atoms with E-state index in [1.54, 1.807) is 30.3 Å². The summed E-state index contributed by atoms with van der Waals surface area (Å²) < 4.78 is 26.4. The third-order valence-electron chi connectivity index (χ3n) is 2.16. The highest BCUT2D eigenvalue weighted by atomic mass is 79.9. The molecule has 4 nitrogen and oxygen atoms in total. The van der Waals surface area contributed by atoms with Crippen LogP contribution in [0.25, 0.3) is 0 Å². The van der Waals surface area contributed by atoms with Crippen molar-refractivity contribution < 1.29 is 8.42 Å². The summed E-state index contributed by atoms with van der Waals surface area (Å²) in [7, 11) is -3.49. The van der Waals surface area contributed by atoms with Gasteiger partial charge in [-0.15, -0.1) is 0 Å². The Hall–Kier alpha value is -0.530. The molecule has 0 unspecified atom stereocenters. The number of rotatable bonds is 3. The van der Waals surface area contributed by atoms with Crippen molar-refractivity contribution in [2.24, 2.45) is 4.99 Å². The van der Waals surface area contributed by atoms with Crippen LogP contribution in [0.1, 0.15) is 0 Å². The zero-order valence-electron chi connectivity index (χ0n) is 8.84. The topological polar surface area (TPSA) is 58.5 Å². The van der Waals surface area contributed by atoms with Gasteiger partial charge in [-0.05, 0) is 12.1 Å². The van der Waals surface area contributed by atoms with Crippen LogP contribution < -0.4 is 4.72 Å². The molecule has 0 radical (unpaired) electrons. The number of halogens is 1. The van der Waals surface area contributed by atoms with Crippen molar-refractivity contribution in [3.63, 3.8) is 0 Å². The first-order chi connectivity index (χ1) is 8.12. The molecular formula is C10H11BrN2O2S2. The van der Waals surface area contributed by atoms with E-state index in [0.717, 1.165) is 5.33 Å². The van der Waals surface area contributed by atoms with E-state index in [0.29, 0.717) is 17.0 Å². The fraction of sp³-hybridized carbons (Fsp3) is 0.300. The van der Waals surface area contributed by atoms with Gasteiger partial charge in [-0.2, -0.15) is 0 Å². The number of nitrogens with one attached hydrogen (secondary N) is 1. The maximum atomic E-state index is 12.0. The van der Waals surface area contributed by atoms with Gasteiger partial charge in [0.25, 0.3) is 10.0 Å². The van der Waals surface area contributed by atoms with Crippen molar-refractivity contribution in [3.05, 3.63) is 30.3 Å². The second-order valence-corrected chi connectivity index (χ2v) is 7.08. The van der Waals surface area contributed by atoms with Crippen molar-refractivity contribution in [1.82, 2.24) is 4.72 Å². The number of alkyl halides is 1. The molecule has 1 heterocycles. The number of hydrogen-bond donors (Lipinski definition) is 1. The molecule has 0 fully saturated rings. The molecule has 0 bridgehead atoms. The van der Waals surface area contributed by atoms with Crippen LogP contribution in [0.4, 0.5) is 0 Å². The Kier molecular flexibility index (Phi) is 4.11. The molecule has 1 aliphatic rings. The molecule has 1 N–H and O–H groups in total. The minimum absolute atomic E-state index is 0.255. The molecule has 1 aromatic rings. The summed E-state index contributed by atoms with van der Waals surface area (Å²) in [6, 6.07) is 8.29. The van der Waals surface area contributed by atoms with Gasteiger partial charge in [0.2, 0.25) is 0 Å². The van der Waals surface area contributed by atoms with Crippen LogP contribution in [0, 0.1) is 0 Å². The standard InChI is InChI=1S/C10H11BrN2O2S2/c11-6-8-7-12-10(16-8)13-17(14,15)9-4-2-1-3-5-9/h1-5,8H,6-7H2,(H,12,13)/t8-/m0/s1. The van der Waals surface area contributed by atoms with E-state index in [-0.39, 0.29) is 4.90 Å². The molecule has 0 aromatic heterocycles. The maximum Gasteiger partial charge on any atom is 0.263 e. The summed E-state index contributed by atoms with van der Waals surface area (Å²) in [4.78, 5) is 4.41. The molecule has 0 saturated carbocycles. The van der Waals surface area contributed by atoms with Gasteiger partial charge in [0.05, 0.1) is 11.4 Å². The summed E-state index contributed by atoms with van der Waals surface area (Å²) in [6.07, 6.45) is 0. The Morgan fingerprint density at radius 3 is 2.71 bits per heavy atom. The average molecular weight is 335 g/mol. The first-order valence-electron chi connectivity index (χ1n) is 4.97. The first kappa shape index (κ1) is 12.9. The van der Waals surface area contributed by atoms with Gasteiger partial charge in [0.15, 0.2) is 5.17 Å². The smallest absolute Gasteiger partial charge is 0.261 e. The van der Waals surface area contributed by atoms with Crippen LogP contribution in [0.2, 0.25) is 0 Å². The molecule has 17 heavy (non-hydrogen) atoms. The van der Waals surface area contributed by atoms with Crippen LogP contribution in [0.5, 0.6) is 0 Å². The zero-order valence-corrected chi connectivity index (χ0v) is 12.1. The number of amidine groups is 1. The van der Waals surface area contributed by atoms with Gasteiger partial charge in [0.1, 0.15) is 0 Å². The summed E-state index contributed by atoms with van der Waals surface area (Å²) in [5.74, 6) is 0. The van der Waals surface area contributed by atoms with Gasteiger partial charge < -0.3 is 0 Å². The van der Waals surface area contributed by atoms with Crippen molar-refractivity contribution in [2.75, 3.05) is 11.9 Å². The van der Waals surface area contributed by atoms with Crippen LogP contribution in [-0.4, -0.2) is 30.7 Å². The first-order valence-corrected chi connectivity index (χ1v) is 8.45. The lowest BCUT2D eigenvalue weighted by atomic mass is 10.4. The normalized spacial score (nSPS) is 20.1. The van der Waals surface area contributed by atoms with Gasteiger partial charge in [0, 0.05) is 10.6 Å². The molecule has 0 aliphatic carbocycles. The fourth-order valence-corrected chi connectivity index (χ4v) is 4.05. The molecule has 1 aromatic carbocycles. The lowest BCUT2D eigenvalue weighted by Crippen LogP contribution is -2.27. The van der Waals surface area contributed by atoms with Gasteiger partial charge >= 0.3 is 0 Å². The van der Waals surface area contributed by atoms with Gasteiger partial charge in [-0.1, -0.05) is 45.9 Å². The SMILES string of the molecule is O=S(=O)(NC1=NC[C@H](CBr)S1)c1ccccc1. The number of hydrogen-bond acceptors (Lipinski definition) is 4. The number of aliphatic imine (C=N–C) groups is 1. The van der Waals surface area contributed by atoms with E-state index in [1.807, 2.05) is 0 Å². The monoisotopic (exact) mass is 334 g/mol. The lowest BCUT2D eigenvalue weighted by Gasteiger charge is -2.07. The summed E-state index contributed by atoms with van der Waals surface area (Å²) >= 11 is 4.80. The molecule has 92 valence electrons. The Balaban J connectivity index is 2.10. The maximum absolute atomic E-state index is 12.0. The molecule has 1 atom stereocenters. The Bertz CT molecular complexity index is 516. The van der Waals surface area contributed by atoms with Crippen molar-refractivity contribution in [1.29, 1.82) is 0 Å². The van der Waals surface area contributed by atoms with E-state index in [2.05, 4.69) is 25.6 Å². The number of nitrogens with zero attached hydrogens (tertiary/aromatic N) is 1. The molecule has 2 rings (SSSR count). The zero-order chi connectivity index (χ0) is 12.3. The van der Waals surface area contributed by atoms with Crippen molar-refractivity contribution >= 4 is 42.9 Å². The average Bonchev–Trinajstić information content (AvgIpc) is 2.77. The molecular weight excluding hydrogens is 324 g/mol. The van der Waals surface area contributed by atoms with Crippen molar-refractivity contribution in [2.45, 2.75) is 10.1 Å². The van der Waals surface area contributed by atoms with Crippen LogP contribution in [0.15, 0.2) is 40.2 Å². The second-order valence-electron chi connectivity index (χ2n) is 3.46. The van der Waals surface area contributed by atoms with Crippen molar-refractivity contribution in [3.8, 4) is 0 Å². The predicted molar refractivity (Wildman–Crippen MR) is 74.2 cm³/mol. The molecule has 0 saturated heterocycles. The summed E-state index contributed by atoms with van der Waals surface area (Å²) in [5, 5.41) is 1.58. The number of thioether (sulfide) groups is 1. The van der Waals surface area contributed by atoms with Crippen LogP contribution in [-0.2, 0) is 10.0 Å². The highest BCUT2D eigenvalue weighted by Crippen LogP contribution is 2.22. The lowest BCUT2D eigenvalue weighted by molar-refractivity contribution is 0.593. The van der Waals surface area contributed by atoms with E-state index in [9.17, 15) is 8.42 Å². The number of benzene rings is 1. The minimum atomic E-state index is -3.49. The van der Waals surface area contributed by atoms with Crippen LogP contribution >= 0.6 is 27.7 Å². The van der Waals surface area contributed by atoms with E-state index in [4.69, 9.17) is 0 Å². The molecule has 7 heteroatoms.